The second-order valence-corrected chi connectivity index (χ2v) is 7.73. The first-order chi connectivity index (χ1) is 13.7. The molecular formula is C19H21NO8S. The van der Waals surface area contributed by atoms with Crippen LogP contribution >= 0.6 is 0 Å². The van der Waals surface area contributed by atoms with Crippen molar-refractivity contribution in [2.75, 3.05) is 28.4 Å². The van der Waals surface area contributed by atoms with Crippen molar-refractivity contribution in [3.8, 4) is 23.0 Å². The van der Waals surface area contributed by atoms with Crippen LogP contribution in [0, 0.1) is 10.1 Å². The fourth-order valence-corrected chi connectivity index (χ4v) is 3.87. The van der Waals surface area contributed by atoms with E-state index < -0.39 is 25.5 Å². The van der Waals surface area contributed by atoms with Gasteiger partial charge >= 0.3 is 5.03 Å². The van der Waals surface area contributed by atoms with Crippen LogP contribution in [0.25, 0.3) is 6.08 Å². The zero-order chi connectivity index (χ0) is 21.6. The molecule has 0 saturated heterocycles. The second kappa shape index (κ2) is 9.28. The molecule has 0 bridgehead atoms. The highest BCUT2D eigenvalue weighted by atomic mass is 32.2. The fourth-order valence-electron chi connectivity index (χ4n) is 2.57. The number of ether oxygens (including phenoxy) is 4. The molecule has 0 aliphatic carbocycles. The predicted molar refractivity (Wildman–Crippen MR) is 107 cm³/mol. The molecular weight excluding hydrogens is 402 g/mol. The molecule has 0 saturated carbocycles. The first kappa shape index (κ1) is 22.0. The first-order valence-corrected chi connectivity index (χ1v) is 9.92. The number of methoxy groups -OCH3 is 4. The molecule has 156 valence electrons. The number of benzene rings is 2. The van der Waals surface area contributed by atoms with Crippen LogP contribution in [-0.4, -0.2) is 41.8 Å². The Morgan fingerprint density at radius 3 is 1.86 bits per heavy atom. The molecule has 0 aliphatic rings. The van der Waals surface area contributed by atoms with Gasteiger partial charge in [-0.3, -0.25) is 10.1 Å². The van der Waals surface area contributed by atoms with E-state index in [2.05, 4.69) is 0 Å². The molecule has 0 atom stereocenters. The van der Waals surface area contributed by atoms with E-state index >= 15 is 0 Å². The van der Waals surface area contributed by atoms with Gasteiger partial charge in [-0.15, -0.1) is 0 Å². The number of rotatable bonds is 9. The molecule has 0 amide bonds. The summed E-state index contributed by atoms with van der Waals surface area (Å²) in [4.78, 5) is 10.7. The lowest BCUT2D eigenvalue weighted by Gasteiger charge is -2.12. The summed E-state index contributed by atoms with van der Waals surface area (Å²) >= 11 is 0. The minimum atomic E-state index is -4.28. The first-order valence-electron chi connectivity index (χ1n) is 8.27. The van der Waals surface area contributed by atoms with Crippen LogP contribution in [0.5, 0.6) is 23.0 Å². The number of nitro groups is 1. The van der Waals surface area contributed by atoms with Crippen LogP contribution in [0.4, 0.5) is 0 Å². The Morgan fingerprint density at radius 1 is 0.931 bits per heavy atom. The molecule has 0 aromatic heterocycles. The summed E-state index contributed by atoms with van der Waals surface area (Å²) in [7, 11) is 1.34. The summed E-state index contributed by atoms with van der Waals surface area (Å²) in [6.07, 6.45) is 0.927. The van der Waals surface area contributed by atoms with Crippen molar-refractivity contribution < 1.29 is 32.3 Å². The van der Waals surface area contributed by atoms with E-state index in [9.17, 15) is 18.5 Å². The molecule has 29 heavy (non-hydrogen) atoms. The van der Waals surface area contributed by atoms with Gasteiger partial charge in [0.1, 0.15) is 23.0 Å². The van der Waals surface area contributed by atoms with Crippen molar-refractivity contribution in [2.45, 2.75) is 5.75 Å². The lowest BCUT2D eigenvalue weighted by Crippen LogP contribution is -2.14. The Hall–Kier alpha value is -3.27. The van der Waals surface area contributed by atoms with E-state index in [1.165, 1.54) is 52.7 Å². The van der Waals surface area contributed by atoms with Gasteiger partial charge in [-0.1, -0.05) is 12.1 Å². The largest absolute Gasteiger partial charge is 0.497 e. The maximum atomic E-state index is 12.8. The van der Waals surface area contributed by atoms with E-state index in [0.29, 0.717) is 17.1 Å². The molecule has 0 radical (unpaired) electrons. The van der Waals surface area contributed by atoms with Crippen molar-refractivity contribution in [2.24, 2.45) is 0 Å². The summed E-state index contributed by atoms with van der Waals surface area (Å²) in [5.74, 6) is 0.716. The van der Waals surface area contributed by atoms with Gasteiger partial charge < -0.3 is 18.9 Å². The third-order valence-electron chi connectivity index (χ3n) is 4.04. The maximum absolute atomic E-state index is 12.8. The van der Waals surface area contributed by atoms with Gasteiger partial charge in [-0.25, -0.2) is 8.42 Å². The molecule has 0 spiro atoms. The van der Waals surface area contributed by atoms with E-state index in [1.807, 2.05) is 0 Å². The number of sulfone groups is 1. The van der Waals surface area contributed by atoms with Gasteiger partial charge in [0, 0.05) is 18.2 Å². The van der Waals surface area contributed by atoms with Crippen molar-refractivity contribution >= 4 is 15.9 Å². The molecule has 0 N–H and O–H groups in total. The molecule has 0 aliphatic heterocycles. The van der Waals surface area contributed by atoms with Crippen LogP contribution in [0.15, 0.2) is 41.4 Å². The third kappa shape index (κ3) is 5.17. The van der Waals surface area contributed by atoms with Gasteiger partial charge in [0.15, 0.2) is 0 Å². The van der Waals surface area contributed by atoms with Gasteiger partial charge in [0.2, 0.25) is 9.84 Å². The van der Waals surface area contributed by atoms with Gasteiger partial charge in [-0.2, -0.15) is 0 Å². The third-order valence-corrected chi connectivity index (χ3v) is 5.65. The SMILES string of the molecule is COc1ccc(CS(=O)(=O)/C(=C/c2c(OC)cc(OC)cc2OC)[N+](=O)[O-])cc1. The number of hydrogen-bond donors (Lipinski definition) is 0. The average molecular weight is 423 g/mol. The van der Waals surface area contributed by atoms with Gasteiger partial charge in [-0.05, 0) is 17.7 Å². The lowest BCUT2D eigenvalue weighted by molar-refractivity contribution is -0.410. The Labute approximate surface area is 168 Å². The van der Waals surface area contributed by atoms with Crippen LogP contribution in [0.3, 0.4) is 0 Å². The normalized spacial score (nSPS) is 11.7. The van der Waals surface area contributed by atoms with E-state index in [4.69, 9.17) is 18.9 Å². The Kier molecular flexibility index (Phi) is 7.05. The number of hydrogen-bond acceptors (Lipinski definition) is 8. The van der Waals surface area contributed by atoms with E-state index in [0.717, 1.165) is 6.08 Å². The molecule has 9 nitrogen and oxygen atoms in total. The van der Waals surface area contributed by atoms with E-state index in [1.54, 1.807) is 12.1 Å². The zero-order valence-electron chi connectivity index (χ0n) is 16.4. The molecule has 2 aromatic carbocycles. The topological polar surface area (TPSA) is 114 Å². The second-order valence-electron chi connectivity index (χ2n) is 5.79. The molecule has 0 fully saturated rings. The minimum Gasteiger partial charge on any atom is -0.497 e. The fraction of sp³-hybridized carbons (Fsp3) is 0.263. The molecule has 2 rings (SSSR count). The summed E-state index contributed by atoms with van der Waals surface area (Å²) < 4.78 is 46.2. The molecule has 0 unspecified atom stereocenters. The summed E-state index contributed by atoms with van der Waals surface area (Å²) in [5, 5.41) is 10.6. The smallest absolute Gasteiger partial charge is 0.360 e. The summed E-state index contributed by atoms with van der Waals surface area (Å²) in [6.45, 7) is 0. The standard InChI is InChI=1S/C19H21NO8S/c1-25-14-7-5-13(6-8-14)12-29(23,24)19(20(21)22)11-16-17(27-3)9-15(26-2)10-18(16)28-4/h5-11H,12H2,1-4H3/b19-11+. The van der Waals surface area contributed by atoms with Gasteiger partial charge in [0.25, 0.3) is 0 Å². The molecule has 0 heterocycles. The highest BCUT2D eigenvalue weighted by Crippen LogP contribution is 2.36. The average Bonchev–Trinajstić information content (AvgIpc) is 2.71. The molecule has 2 aromatic rings. The monoisotopic (exact) mass is 423 g/mol. The van der Waals surface area contributed by atoms with Crippen LogP contribution < -0.4 is 18.9 Å². The predicted octanol–water partition coefficient (Wildman–Crippen LogP) is 2.91. The molecule has 10 heteroatoms. The summed E-state index contributed by atoms with van der Waals surface area (Å²) in [5.41, 5.74) is 0.494. The highest BCUT2D eigenvalue weighted by molar-refractivity contribution is 7.94. The highest BCUT2D eigenvalue weighted by Gasteiger charge is 2.31. The van der Waals surface area contributed by atoms with Crippen molar-refractivity contribution in [1.82, 2.24) is 0 Å². The van der Waals surface area contributed by atoms with Crippen molar-refractivity contribution in [3.63, 3.8) is 0 Å². The Balaban J connectivity index is 2.55. The zero-order valence-corrected chi connectivity index (χ0v) is 17.2. The quantitative estimate of drug-likeness (QED) is 0.447. The maximum Gasteiger partial charge on any atom is 0.360 e. The Morgan fingerprint density at radius 2 is 1.45 bits per heavy atom. The van der Waals surface area contributed by atoms with Crippen LogP contribution in [-0.2, 0) is 15.6 Å². The minimum absolute atomic E-state index is 0.112. The Bertz CT molecular complexity index is 988. The lowest BCUT2D eigenvalue weighted by atomic mass is 10.1. The van der Waals surface area contributed by atoms with Crippen LogP contribution in [0.1, 0.15) is 11.1 Å². The summed E-state index contributed by atoms with van der Waals surface area (Å²) in [6, 6.07) is 9.17. The van der Waals surface area contributed by atoms with Gasteiger partial charge in [0.05, 0.1) is 44.7 Å². The van der Waals surface area contributed by atoms with E-state index in [-0.39, 0.29) is 17.1 Å². The number of nitrogens with zero attached hydrogens (tertiary/aromatic N) is 1. The van der Waals surface area contributed by atoms with Crippen molar-refractivity contribution in [3.05, 3.63) is 62.7 Å². The van der Waals surface area contributed by atoms with Crippen molar-refractivity contribution in [1.29, 1.82) is 0 Å². The van der Waals surface area contributed by atoms with Crippen LogP contribution in [0.2, 0.25) is 0 Å².